The molecule has 1 amide bonds. The molecule has 0 saturated heterocycles. The summed E-state index contributed by atoms with van der Waals surface area (Å²) in [5.74, 6) is 2.30. The van der Waals surface area contributed by atoms with Crippen molar-refractivity contribution >= 4 is 17.4 Å². The highest BCUT2D eigenvalue weighted by atomic mass is 16.5. The quantitative estimate of drug-likeness (QED) is 0.686. The van der Waals surface area contributed by atoms with Gasteiger partial charge in [0.15, 0.2) is 11.6 Å². The highest BCUT2D eigenvalue weighted by Crippen LogP contribution is 2.33. The van der Waals surface area contributed by atoms with Gasteiger partial charge in [-0.15, -0.1) is 0 Å². The highest BCUT2D eigenvalue weighted by Gasteiger charge is 2.11. The second kappa shape index (κ2) is 7.74. The molecule has 0 radical (unpaired) electrons. The molecule has 2 aromatic carbocycles. The topological polar surface area (TPSA) is 76.4 Å². The van der Waals surface area contributed by atoms with E-state index in [-0.39, 0.29) is 12.5 Å². The van der Waals surface area contributed by atoms with E-state index in [1.165, 1.54) is 0 Å². The van der Waals surface area contributed by atoms with Gasteiger partial charge in [-0.05, 0) is 44.0 Å². The van der Waals surface area contributed by atoms with Gasteiger partial charge in [0.25, 0.3) is 0 Å². The number of carbonyl (C=O) groups is 1. The molecule has 26 heavy (non-hydrogen) atoms. The maximum Gasteiger partial charge on any atom is 0.244 e. The fraction of sp³-hybridized carbons (Fsp3) is 0.200. The van der Waals surface area contributed by atoms with Crippen LogP contribution in [0, 0.1) is 20.8 Å². The lowest BCUT2D eigenvalue weighted by Crippen LogP contribution is -2.22. The summed E-state index contributed by atoms with van der Waals surface area (Å²) in [5, 5.41) is 9.52. The number of nitrogens with zero attached hydrogens (tertiary/aromatic N) is 1. The average Bonchev–Trinajstić information content (AvgIpc) is 3.02. The van der Waals surface area contributed by atoms with Crippen LogP contribution < -0.4 is 15.4 Å². The first-order valence-corrected chi connectivity index (χ1v) is 8.33. The van der Waals surface area contributed by atoms with Crippen LogP contribution in [0.4, 0.5) is 11.5 Å². The number of aryl methyl sites for hydroxylation is 3. The van der Waals surface area contributed by atoms with Gasteiger partial charge in [-0.1, -0.05) is 35.5 Å². The zero-order valence-electron chi connectivity index (χ0n) is 15.0. The van der Waals surface area contributed by atoms with Crippen molar-refractivity contribution in [1.29, 1.82) is 0 Å². The monoisotopic (exact) mass is 351 g/mol. The van der Waals surface area contributed by atoms with Crippen LogP contribution in [0.25, 0.3) is 0 Å². The third-order valence-corrected chi connectivity index (χ3v) is 3.84. The predicted molar refractivity (Wildman–Crippen MR) is 101 cm³/mol. The molecule has 0 atom stereocenters. The Labute approximate surface area is 152 Å². The van der Waals surface area contributed by atoms with E-state index < -0.39 is 0 Å². The van der Waals surface area contributed by atoms with Gasteiger partial charge in [-0.25, -0.2) is 0 Å². The zero-order chi connectivity index (χ0) is 18.5. The summed E-state index contributed by atoms with van der Waals surface area (Å²) < 4.78 is 11.0. The van der Waals surface area contributed by atoms with E-state index in [9.17, 15) is 4.79 Å². The maximum absolute atomic E-state index is 12.1. The number of aromatic nitrogens is 1. The van der Waals surface area contributed by atoms with E-state index in [1.807, 2.05) is 56.3 Å². The standard InChI is InChI=1S/C20H21N3O3/c1-13-7-6-8-14(2)20(13)25-17-10-5-4-9-16(17)21-12-19(24)22-18-11-15(3)26-23-18/h4-11,21H,12H2,1-3H3,(H,22,23,24). The Hall–Kier alpha value is -3.28. The fourth-order valence-corrected chi connectivity index (χ4v) is 2.56. The van der Waals surface area contributed by atoms with E-state index in [1.54, 1.807) is 13.0 Å². The van der Waals surface area contributed by atoms with Crippen LogP contribution in [-0.2, 0) is 4.79 Å². The molecule has 0 bridgehead atoms. The van der Waals surface area contributed by atoms with Gasteiger partial charge in [-0.2, -0.15) is 0 Å². The van der Waals surface area contributed by atoms with Gasteiger partial charge in [0.2, 0.25) is 5.91 Å². The Morgan fingerprint density at radius 3 is 2.50 bits per heavy atom. The number of hydrogen-bond acceptors (Lipinski definition) is 5. The van der Waals surface area contributed by atoms with Crippen molar-refractivity contribution in [2.24, 2.45) is 0 Å². The van der Waals surface area contributed by atoms with Gasteiger partial charge >= 0.3 is 0 Å². The Balaban J connectivity index is 1.68. The number of carbonyl (C=O) groups excluding carboxylic acids is 1. The van der Waals surface area contributed by atoms with Crippen molar-refractivity contribution in [3.8, 4) is 11.5 Å². The van der Waals surface area contributed by atoms with Crippen LogP contribution >= 0.6 is 0 Å². The molecule has 1 heterocycles. The third-order valence-electron chi connectivity index (χ3n) is 3.84. The molecule has 3 rings (SSSR count). The normalized spacial score (nSPS) is 10.4. The van der Waals surface area contributed by atoms with Crippen molar-refractivity contribution in [3.63, 3.8) is 0 Å². The Bertz CT molecular complexity index is 898. The molecular formula is C20H21N3O3. The molecule has 2 N–H and O–H groups in total. The van der Waals surface area contributed by atoms with Crippen LogP contribution in [0.1, 0.15) is 16.9 Å². The molecule has 0 aliphatic carbocycles. The SMILES string of the molecule is Cc1cc(NC(=O)CNc2ccccc2Oc2c(C)cccc2C)no1. The first-order valence-electron chi connectivity index (χ1n) is 8.33. The summed E-state index contributed by atoms with van der Waals surface area (Å²) in [6.45, 7) is 5.86. The molecule has 6 nitrogen and oxygen atoms in total. The van der Waals surface area contributed by atoms with Crippen LogP contribution in [0.3, 0.4) is 0 Å². The molecule has 0 aliphatic heterocycles. The fourth-order valence-electron chi connectivity index (χ4n) is 2.56. The van der Waals surface area contributed by atoms with E-state index in [0.717, 1.165) is 22.6 Å². The van der Waals surface area contributed by atoms with Crippen molar-refractivity contribution in [2.45, 2.75) is 20.8 Å². The lowest BCUT2D eigenvalue weighted by Gasteiger charge is -2.15. The highest BCUT2D eigenvalue weighted by molar-refractivity contribution is 5.93. The van der Waals surface area contributed by atoms with Gasteiger partial charge in [0.1, 0.15) is 11.5 Å². The van der Waals surface area contributed by atoms with Gasteiger partial charge < -0.3 is 19.9 Å². The number of para-hydroxylation sites is 3. The van der Waals surface area contributed by atoms with E-state index in [2.05, 4.69) is 15.8 Å². The molecule has 134 valence electrons. The minimum atomic E-state index is -0.222. The van der Waals surface area contributed by atoms with Crippen molar-refractivity contribution in [3.05, 3.63) is 65.4 Å². The minimum absolute atomic E-state index is 0.0824. The van der Waals surface area contributed by atoms with Crippen LogP contribution in [0.2, 0.25) is 0 Å². The van der Waals surface area contributed by atoms with Crippen molar-refractivity contribution in [2.75, 3.05) is 17.2 Å². The number of benzene rings is 2. The molecule has 6 heteroatoms. The number of rotatable bonds is 6. The van der Waals surface area contributed by atoms with E-state index >= 15 is 0 Å². The summed E-state index contributed by atoms with van der Waals surface area (Å²) in [4.78, 5) is 12.1. The molecular weight excluding hydrogens is 330 g/mol. The second-order valence-electron chi connectivity index (χ2n) is 6.04. The van der Waals surface area contributed by atoms with Crippen molar-refractivity contribution < 1.29 is 14.1 Å². The summed E-state index contributed by atoms with van der Waals surface area (Å²) in [7, 11) is 0. The summed E-state index contributed by atoms with van der Waals surface area (Å²) in [6.07, 6.45) is 0. The first kappa shape index (κ1) is 17.5. The zero-order valence-corrected chi connectivity index (χ0v) is 15.0. The minimum Gasteiger partial charge on any atom is -0.455 e. The number of hydrogen-bond donors (Lipinski definition) is 2. The predicted octanol–water partition coefficient (Wildman–Crippen LogP) is 4.44. The van der Waals surface area contributed by atoms with E-state index in [0.29, 0.717) is 17.3 Å². The number of amides is 1. The van der Waals surface area contributed by atoms with Gasteiger partial charge in [-0.3, -0.25) is 4.79 Å². The molecule has 0 fully saturated rings. The number of nitrogens with one attached hydrogen (secondary N) is 2. The largest absolute Gasteiger partial charge is 0.455 e. The first-order chi connectivity index (χ1) is 12.5. The maximum atomic E-state index is 12.1. The van der Waals surface area contributed by atoms with Gasteiger partial charge in [0, 0.05) is 6.07 Å². The van der Waals surface area contributed by atoms with Crippen LogP contribution in [0.15, 0.2) is 53.1 Å². The van der Waals surface area contributed by atoms with E-state index in [4.69, 9.17) is 9.26 Å². The average molecular weight is 351 g/mol. The van der Waals surface area contributed by atoms with Crippen molar-refractivity contribution in [1.82, 2.24) is 5.16 Å². The molecule has 1 aromatic heterocycles. The van der Waals surface area contributed by atoms with Crippen LogP contribution in [0.5, 0.6) is 11.5 Å². The smallest absolute Gasteiger partial charge is 0.244 e. The molecule has 0 spiro atoms. The summed E-state index contributed by atoms with van der Waals surface area (Å²) in [6, 6.07) is 15.2. The summed E-state index contributed by atoms with van der Waals surface area (Å²) >= 11 is 0. The number of anilines is 2. The second-order valence-corrected chi connectivity index (χ2v) is 6.04. The number of ether oxygens (including phenoxy) is 1. The van der Waals surface area contributed by atoms with Gasteiger partial charge in [0.05, 0.1) is 12.2 Å². The Morgan fingerprint density at radius 1 is 1.08 bits per heavy atom. The molecule has 0 unspecified atom stereocenters. The summed E-state index contributed by atoms with van der Waals surface area (Å²) in [5.41, 5.74) is 2.85. The Morgan fingerprint density at radius 2 is 1.81 bits per heavy atom. The lowest BCUT2D eigenvalue weighted by atomic mass is 10.1. The molecule has 3 aromatic rings. The van der Waals surface area contributed by atoms with Crippen LogP contribution in [-0.4, -0.2) is 17.6 Å². The molecule has 0 aliphatic rings. The Kier molecular flexibility index (Phi) is 5.22. The lowest BCUT2D eigenvalue weighted by molar-refractivity contribution is -0.114. The molecule has 0 saturated carbocycles. The third kappa shape index (κ3) is 4.22.